The van der Waals surface area contributed by atoms with Gasteiger partial charge in [-0.2, -0.15) is 5.10 Å². The first-order valence-corrected chi connectivity index (χ1v) is 10.5. The lowest BCUT2D eigenvalue weighted by molar-refractivity contribution is 0.326. The summed E-state index contributed by atoms with van der Waals surface area (Å²) >= 11 is 0. The van der Waals surface area contributed by atoms with E-state index in [1.807, 2.05) is 19.9 Å². The van der Waals surface area contributed by atoms with Gasteiger partial charge in [0.25, 0.3) is 0 Å². The van der Waals surface area contributed by atoms with Gasteiger partial charge in [0.2, 0.25) is 0 Å². The third-order valence-corrected chi connectivity index (χ3v) is 6.24. The zero-order valence-corrected chi connectivity index (χ0v) is 16.1. The Labute approximate surface area is 157 Å². The summed E-state index contributed by atoms with van der Waals surface area (Å²) < 4.78 is 30.5. The van der Waals surface area contributed by atoms with Crippen molar-refractivity contribution < 1.29 is 8.60 Å². The van der Waals surface area contributed by atoms with Gasteiger partial charge in [-0.15, -0.1) is 0 Å². The predicted octanol–water partition coefficient (Wildman–Crippen LogP) is 3.64. The number of benzene rings is 1. The van der Waals surface area contributed by atoms with Crippen LogP contribution < -0.4 is 10.0 Å². The smallest absolute Gasteiger partial charge is 0.148 e. The first-order valence-electron chi connectivity index (χ1n) is 9.24. The molecule has 26 heavy (non-hydrogen) atoms. The number of para-hydroxylation sites is 1. The molecule has 1 atom stereocenters. The van der Waals surface area contributed by atoms with Gasteiger partial charge in [0, 0.05) is 30.1 Å². The highest BCUT2D eigenvalue weighted by atomic mass is 32.2. The van der Waals surface area contributed by atoms with Crippen molar-refractivity contribution in [2.75, 3.05) is 11.9 Å². The summed E-state index contributed by atoms with van der Waals surface area (Å²) in [6.45, 7) is 4.80. The minimum atomic E-state index is -0.940. The molecule has 1 fully saturated rings. The molecule has 0 radical (unpaired) electrons. The Morgan fingerprint density at radius 2 is 1.96 bits per heavy atom. The average molecular weight is 379 g/mol. The van der Waals surface area contributed by atoms with E-state index in [2.05, 4.69) is 15.1 Å². The molecule has 7 heteroatoms. The number of anilines is 1. The largest absolute Gasteiger partial charge is 0.368 e. The van der Waals surface area contributed by atoms with Crippen LogP contribution in [-0.2, 0) is 11.0 Å². The van der Waals surface area contributed by atoms with E-state index in [1.165, 1.54) is 6.07 Å². The lowest BCUT2D eigenvalue weighted by Crippen LogP contribution is -2.38. The van der Waals surface area contributed by atoms with E-state index in [9.17, 15) is 8.60 Å². The van der Waals surface area contributed by atoms with E-state index in [1.54, 1.807) is 29.1 Å². The molecule has 2 N–H and O–H groups in total. The minimum Gasteiger partial charge on any atom is -0.368 e. The van der Waals surface area contributed by atoms with Gasteiger partial charge in [-0.25, -0.2) is 18.0 Å². The van der Waals surface area contributed by atoms with Crippen LogP contribution in [-0.4, -0.2) is 31.8 Å². The lowest BCUT2D eigenvalue weighted by atomic mass is 9.86. The maximum Gasteiger partial charge on any atom is 0.148 e. The van der Waals surface area contributed by atoms with Crippen molar-refractivity contribution in [3.05, 3.63) is 42.3 Å². The fraction of sp³-hybridized carbons (Fsp3) is 0.526. The molecule has 1 aromatic carbocycles. The van der Waals surface area contributed by atoms with Gasteiger partial charge in [-0.1, -0.05) is 12.1 Å². The highest BCUT2D eigenvalue weighted by Gasteiger charge is 2.23. The second-order valence-corrected chi connectivity index (χ2v) is 8.93. The van der Waals surface area contributed by atoms with Gasteiger partial charge in [0.15, 0.2) is 0 Å². The number of hydrogen-bond acceptors (Lipinski definition) is 3. The molecule has 0 bridgehead atoms. The van der Waals surface area contributed by atoms with E-state index in [0.717, 1.165) is 38.0 Å². The standard InChI is InChI=1S/C19H27FN4OS/c1-14(2)26(25)23-16-9-7-15(8-10-16)13-21-19-11-12-24(22-19)18-6-4-3-5-17(18)20/h3-6,11-12,14-16,23H,7-10,13H2,1-2H3,(H,21,22). The Bertz CT molecular complexity index is 741. The van der Waals surface area contributed by atoms with Gasteiger partial charge >= 0.3 is 0 Å². The van der Waals surface area contributed by atoms with Crippen molar-refractivity contribution in [1.29, 1.82) is 0 Å². The molecule has 1 unspecified atom stereocenters. The third-order valence-electron chi connectivity index (χ3n) is 4.82. The number of hydrogen-bond donors (Lipinski definition) is 2. The Morgan fingerprint density at radius 1 is 1.23 bits per heavy atom. The molecule has 1 aliphatic rings. The molecular weight excluding hydrogens is 351 g/mol. The third kappa shape index (κ3) is 4.92. The monoisotopic (exact) mass is 378 g/mol. The summed E-state index contributed by atoms with van der Waals surface area (Å²) in [7, 11) is -0.940. The minimum absolute atomic E-state index is 0.152. The predicted molar refractivity (Wildman–Crippen MR) is 104 cm³/mol. The topological polar surface area (TPSA) is 59.0 Å². The summed E-state index contributed by atoms with van der Waals surface area (Å²) in [5, 5.41) is 7.93. The molecule has 1 aromatic heterocycles. The molecule has 1 heterocycles. The first-order chi connectivity index (χ1) is 12.5. The number of rotatable bonds is 7. The number of nitrogens with one attached hydrogen (secondary N) is 2. The van der Waals surface area contributed by atoms with Gasteiger partial charge in [0.05, 0.1) is 11.0 Å². The Balaban J connectivity index is 1.46. The van der Waals surface area contributed by atoms with Crippen molar-refractivity contribution >= 4 is 16.8 Å². The molecule has 5 nitrogen and oxygen atoms in total. The molecule has 0 amide bonds. The molecule has 142 valence electrons. The molecule has 2 aromatic rings. The first kappa shape index (κ1) is 19.0. The second kappa shape index (κ2) is 8.77. The van der Waals surface area contributed by atoms with Crippen molar-refractivity contribution in [3.8, 4) is 5.69 Å². The fourth-order valence-electron chi connectivity index (χ4n) is 3.22. The Morgan fingerprint density at radius 3 is 2.65 bits per heavy atom. The Hall–Kier alpha value is -1.73. The summed E-state index contributed by atoms with van der Waals surface area (Å²) in [5.74, 6) is 1.06. The average Bonchev–Trinajstić information content (AvgIpc) is 3.10. The SMILES string of the molecule is CC(C)S(=O)NC1CCC(CNc2ccn(-c3ccccc3F)n2)CC1. The summed E-state index contributed by atoms with van der Waals surface area (Å²) in [4.78, 5) is 0. The number of nitrogens with zero attached hydrogens (tertiary/aromatic N) is 2. The second-order valence-electron chi connectivity index (χ2n) is 7.16. The van der Waals surface area contributed by atoms with Crippen LogP contribution in [0, 0.1) is 11.7 Å². The summed E-state index contributed by atoms with van der Waals surface area (Å²) in [5.41, 5.74) is 0.449. The molecule has 1 aliphatic carbocycles. The molecule has 0 spiro atoms. The normalized spacial score (nSPS) is 21.7. The van der Waals surface area contributed by atoms with E-state index in [-0.39, 0.29) is 11.1 Å². The molecule has 0 saturated heterocycles. The highest BCUT2D eigenvalue weighted by molar-refractivity contribution is 7.83. The maximum atomic E-state index is 13.8. The fourth-order valence-corrected chi connectivity index (χ4v) is 4.06. The van der Waals surface area contributed by atoms with E-state index in [4.69, 9.17) is 0 Å². The Kier molecular flexibility index (Phi) is 6.43. The molecular formula is C19H27FN4OS. The van der Waals surface area contributed by atoms with Crippen LogP contribution in [0.1, 0.15) is 39.5 Å². The highest BCUT2D eigenvalue weighted by Crippen LogP contribution is 2.25. The summed E-state index contributed by atoms with van der Waals surface area (Å²) in [6.07, 6.45) is 6.08. The zero-order chi connectivity index (χ0) is 18.5. The van der Waals surface area contributed by atoms with E-state index >= 15 is 0 Å². The zero-order valence-electron chi connectivity index (χ0n) is 15.3. The van der Waals surface area contributed by atoms with Crippen molar-refractivity contribution in [1.82, 2.24) is 14.5 Å². The van der Waals surface area contributed by atoms with Crippen LogP contribution in [0.5, 0.6) is 0 Å². The molecule has 3 rings (SSSR count). The van der Waals surface area contributed by atoms with E-state index in [0.29, 0.717) is 17.6 Å². The number of halogens is 1. The van der Waals surface area contributed by atoms with Crippen molar-refractivity contribution in [2.24, 2.45) is 5.92 Å². The van der Waals surface area contributed by atoms with Crippen LogP contribution in [0.3, 0.4) is 0 Å². The van der Waals surface area contributed by atoms with Gasteiger partial charge in [-0.05, 0) is 57.6 Å². The van der Waals surface area contributed by atoms with Crippen molar-refractivity contribution in [3.63, 3.8) is 0 Å². The van der Waals surface area contributed by atoms with Crippen molar-refractivity contribution in [2.45, 2.75) is 50.8 Å². The molecule has 0 aliphatic heterocycles. The van der Waals surface area contributed by atoms with Gasteiger partial charge in [0.1, 0.15) is 17.3 Å². The van der Waals surface area contributed by atoms with Gasteiger partial charge in [-0.3, -0.25) is 0 Å². The van der Waals surface area contributed by atoms with Crippen LogP contribution >= 0.6 is 0 Å². The quantitative estimate of drug-likeness (QED) is 0.773. The van der Waals surface area contributed by atoms with Crippen LogP contribution in [0.25, 0.3) is 5.69 Å². The van der Waals surface area contributed by atoms with Gasteiger partial charge < -0.3 is 5.32 Å². The molecule has 1 saturated carbocycles. The van der Waals surface area contributed by atoms with Crippen LogP contribution in [0.4, 0.5) is 10.2 Å². The number of aromatic nitrogens is 2. The lowest BCUT2D eigenvalue weighted by Gasteiger charge is -2.29. The maximum absolute atomic E-state index is 13.8. The van der Waals surface area contributed by atoms with Crippen LogP contribution in [0.15, 0.2) is 36.5 Å². The van der Waals surface area contributed by atoms with Crippen LogP contribution in [0.2, 0.25) is 0 Å². The summed E-state index contributed by atoms with van der Waals surface area (Å²) in [6, 6.07) is 8.83. The van der Waals surface area contributed by atoms with E-state index < -0.39 is 11.0 Å².